The summed E-state index contributed by atoms with van der Waals surface area (Å²) in [7, 11) is 5.75. The number of piperidine rings is 1. The molecule has 0 aromatic heterocycles. The first-order valence-corrected chi connectivity index (χ1v) is 7.29. The van der Waals surface area contributed by atoms with Crippen molar-refractivity contribution in [2.45, 2.75) is 25.3 Å². The minimum atomic E-state index is 0.139. The predicted molar refractivity (Wildman–Crippen MR) is 83.0 cm³/mol. The van der Waals surface area contributed by atoms with E-state index in [0.717, 1.165) is 17.8 Å². The summed E-state index contributed by atoms with van der Waals surface area (Å²) in [4.78, 5) is 15.7. The molecule has 1 aliphatic rings. The number of rotatable bonds is 4. The predicted octanol–water partition coefficient (Wildman–Crippen LogP) is 1.82. The van der Waals surface area contributed by atoms with Crippen molar-refractivity contribution in [1.82, 2.24) is 9.80 Å². The molecule has 1 saturated heterocycles. The molecule has 1 aromatic carbocycles. The normalized spacial score (nSPS) is 19.6. The molecule has 1 heterocycles. The molecule has 1 fully saturated rings. The Balaban J connectivity index is 1.89. The third-order valence-electron chi connectivity index (χ3n) is 3.80. The van der Waals surface area contributed by atoms with Crippen molar-refractivity contribution in [1.29, 1.82) is 0 Å². The molecular formula is C16H25N3O. The maximum atomic E-state index is 11.7. The second-order valence-corrected chi connectivity index (χ2v) is 5.91. The number of nitrogens with one attached hydrogen (secondary N) is 1. The summed E-state index contributed by atoms with van der Waals surface area (Å²) < 4.78 is 0. The average molecular weight is 275 g/mol. The summed E-state index contributed by atoms with van der Waals surface area (Å²) in [5.74, 6) is 0.139. The molecule has 2 rings (SSSR count). The SMILES string of the molecule is CN1CCCC(Nc2ccc(CC(=O)N(C)C)cc2)C1. The number of benzene rings is 1. The van der Waals surface area contributed by atoms with Crippen LogP contribution in [0.3, 0.4) is 0 Å². The summed E-state index contributed by atoms with van der Waals surface area (Å²) in [5, 5.41) is 3.58. The molecule has 1 aromatic rings. The first-order valence-electron chi connectivity index (χ1n) is 7.29. The van der Waals surface area contributed by atoms with E-state index in [1.165, 1.54) is 19.4 Å². The number of likely N-dealkylation sites (tertiary alicyclic amines) is 1. The minimum absolute atomic E-state index is 0.139. The van der Waals surface area contributed by atoms with E-state index in [4.69, 9.17) is 0 Å². The highest BCUT2D eigenvalue weighted by molar-refractivity contribution is 5.78. The third-order valence-corrected chi connectivity index (χ3v) is 3.80. The lowest BCUT2D eigenvalue weighted by atomic mass is 10.1. The Morgan fingerprint density at radius 3 is 2.65 bits per heavy atom. The molecular weight excluding hydrogens is 250 g/mol. The fourth-order valence-corrected chi connectivity index (χ4v) is 2.57. The van der Waals surface area contributed by atoms with Gasteiger partial charge in [-0.2, -0.15) is 0 Å². The molecule has 0 bridgehead atoms. The van der Waals surface area contributed by atoms with E-state index in [2.05, 4.69) is 29.4 Å². The quantitative estimate of drug-likeness (QED) is 0.910. The van der Waals surface area contributed by atoms with Crippen molar-refractivity contribution in [2.75, 3.05) is 39.5 Å². The van der Waals surface area contributed by atoms with Crippen molar-refractivity contribution in [3.05, 3.63) is 29.8 Å². The van der Waals surface area contributed by atoms with Crippen LogP contribution in [-0.2, 0) is 11.2 Å². The van der Waals surface area contributed by atoms with Crippen LogP contribution >= 0.6 is 0 Å². The minimum Gasteiger partial charge on any atom is -0.381 e. The second-order valence-electron chi connectivity index (χ2n) is 5.91. The Hall–Kier alpha value is -1.55. The van der Waals surface area contributed by atoms with Gasteiger partial charge in [0.1, 0.15) is 0 Å². The molecule has 0 spiro atoms. The molecule has 1 unspecified atom stereocenters. The van der Waals surface area contributed by atoms with Crippen LogP contribution in [0.25, 0.3) is 0 Å². The van der Waals surface area contributed by atoms with Crippen LogP contribution in [0.1, 0.15) is 18.4 Å². The molecule has 20 heavy (non-hydrogen) atoms. The van der Waals surface area contributed by atoms with Crippen molar-refractivity contribution >= 4 is 11.6 Å². The number of anilines is 1. The molecule has 0 aliphatic carbocycles. The molecule has 1 aliphatic heterocycles. The van der Waals surface area contributed by atoms with E-state index in [1.807, 2.05) is 12.1 Å². The van der Waals surface area contributed by atoms with Gasteiger partial charge in [0.05, 0.1) is 6.42 Å². The van der Waals surface area contributed by atoms with E-state index in [1.54, 1.807) is 19.0 Å². The number of carbonyl (C=O) groups excluding carboxylic acids is 1. The fourth-order valence-electron chi connectivity index (χ4n) is 2.57. The largest absolute Gasteiger partial charge is 0.381 e. The molecule has 110 valence electrons. The van der Waals surface area contributed by atoms with E-state index in [9.17, 15) is 4.79 Å². The van der Waals surface area contributed by atoms with Crippen LogP contribution in [0.15, 0.2) is 24.3 Å². The van der Waals surface area contributed by atoms with Gasteiger partial charge >= 0.3 is 0 Å². The lowest BCUT2D eigenvalue weighted by Gasteiger charge is -2.30. The number of carbonyl (C=O) groups is 1. The summed E-state index contributed by atoms with van der Waals surface area (Å²) in [6.45, 7) is 2.30. The van der Waals surface area contributed by atoms with Crippen LogP contribution in [-0.4, -0.2) is 56.0 Å². The van der Waals surface area contributed by atoms with Gasteiger partial charge in [-0.3, -0.25) is 4.79 Å². The molecule has 0 radical (unpaired) electrons. The zero-order valence-electron chi connectivity index (χ0n) is 12.7. The number of amides is 1. The molecule has 1 atom stereocenters. The highest BCUT2D eigenvalue weighted by atomic mass is 16.2. The van der Waals surface area contributed by atoms with Crippen LogP contribution in [0.5, 0.6) is 0 Å². The van der Waals surface area contributed by atoms with Crippen molar-refractivity contribution in [2.24, 2.45) is 0 Å². The van der Waals surface area contributed by atoms with Gasteiger partial charge in [-0.05, 0) is 44.1 Å². The zero-order valence-corrected chi connectivity index (χ0v) is 12.7. The first kappa shape index (κ1) is 14.9. The Kier molecular flexibility index (Phi) is 5.01. The highest BCUT2D eigenvalue weighted by Crippen LogP contribution is 2.16. The van der Waals surface area contributed by atoms with Gasteiger partial charge in [0.15, 0.2) is 0 Å². The average Bonchev–Trinajstić information content (AvgIpc) is 2.41. The van der Waals surface area contributed by atoms with Crippen LogP contribution in [0.4, 0.5) is 5.69 Å². The molecule has 1 amide bonds. The lowest BCUT2D eigenvalue weighted by molar-refractivity contribution is -0.127. The third kappa shape index (κ3) is 4.23. The molecule has 0 saturated carbocycles. The molecule has 4 heteroatoms. The van der Waals surface area contributed by atoms with E-state index < -0.39 is 0 Å². The standard InChI is InChI=1S/C16H25N3O/c1-18(2)16(20)11-13-6-8-14(9-7-13)17-15-5-4-10-19(3)12-15/h6-9,15,17H,4-5,10-12H2,1-3H3. The van der Waals surface area contributed by atoms with Crippen molar-refractivity contribution < 1.29 is 4.79 Å². The summed E-state index contributed by atoms with van der Waals surface area (Å²) in [5.41, 5.74) is 2.21. The van der Waals surface area contributed by atoms with Gasteiger partial charge in [-0.15, -0.1) is 0 Å². The number of likely N-dealkylation sites (N-methyl/N-ethyl adjacent to an activating group) is 2. The summed E-state index contributed by atoms with van der Waals surface area (Å²) >= 11 is 0. The summed E-state index contributed by atoms with van der Waals surface area (Å²) in [6, 6.07) is 8.76. The van der Waals surface area contributed by atoms with Crippen LogP contribution in [0, 0.1) is 0 Å². The Bertz CT molecular complexity index is 442. The van der Waals surface area contributed by atoms with Gasteiger partial charge < -0.3 is 15.1 Å². The van der Waals surface area contributed by atoms with Crippen molar-refractivity contribution in [3.8, 4) is 0 Å². The van der Waals surface area contributed by atoms with E-state index in [-0.39, 0.29) is 5.91 Å². The van der Waals surface area contributed by atoms with Gasteiger partial charge in [0.25, 0.3) is 0 Å². The number of hydrogen-bond donors (Lipinski definition) is 1. The first-order chi connectivity index (χ1) is 9.54. The highest BCUT2D eigenvalue weighted by Gasteiger charge is 2.16. The number of nitrogens with zero attached hydrogens (tertiary/aromatic N) is 2. The molecule has 4 nitrogen and oxygen atoms in total. The van der Waals surface area contributed by atoms with Crippen molar-refractivity contribution in [3.63, 3.8) is 0 Å². The second kappa shape index (κ2) is 6.75. The van der Waals surface area contributed by atoms with Gasteiger partial charge in [0.2, 0.25) is 5.91 Å². The van der Waals surface area contributed by atoms with E-state index >= 15 is 0 Å². The maximum Gasteiger partial charge on any atom is 0.226 e. The maximum absolute atomic E-state index is 11.7. The van der Waals surface area contributed by atoms with E-state index in [0.29, 0.717) is 12.5 Å². The Morgan fingerprint density at radius 1 is 1.35 bits per heavy atom. The van der Waals surface area contributed by atoms with Crippen LogP contribution in [0.2, 0.25) is 0 Å². The van der Waals surface area contributed by atoms with Gasteiger partial charge in [-0.25, -0.2) is 0 Å². The molecule has 1 N–H and O–H groups in total. The topological polar surface area (TPSA) is 35.6 Å². The monoisotopic (exact) mass is 275 g/mol. The van der Waals surface area contributed by atoms with Gasteiger partial charge in [0, 0.05) is 32.4 Å². The Morgan fingerprint density at radius 2 is 2.05 bits per heavy atom. The summed E-state index contributed by atoms with van der Waals surface area (Å²) in [6.07, 6.45) is 2.95. The smallest absolute Gasteiger partial charge is 0.226 e. The van der Waals surface area contributed by atoms with Gasteiger partial charge in [-0.1, -0.05) is 12.1 Å². The number of hydrogen-bond acceptors (Lipinski definition) is 3. The lowest BCUT2D eigenvalue weighted by Crippen LogP contribution is -2.39. The fraction of sp³-hybridized carbons (Fsp3) is 0.562. The van der Waals surface area contributed by atoms with Crippen LogP contribution < -0.4 is 5.32 Å². The Labute approximate surface area is 121 Å². The zero-order chi connectivity index (χ0) is 14.5.